The van der Waals surface area contributed by atoms with Crippen LogP contribution in [0.2, 0.25) is 0 Å². The van der Waals surface area contributed by atoms with Gasteiger partial charge in [-0.2, -0.15) is 22.6 Å². The summed E-state index contributed by atoms with van der Waals surface area (Å²) in [5, 5.41) is 12.1. The topological polar surface area (TPSA) is 133 Å². The van der Waals surface area contributed by atoms with E-state index < -0.39 is 27.3 Å². The van der Waals surface area contributed by atoms with Crippen molar-refractivity contribution < 1.29 is 26.4 Å². The van der Waals surface area contributed by atoms with Gasteiger partial charge in [0.2, 0.25) is 16.0 Å². The van der Waals surface area contributed by atoms with E-state index in [2.05, 4.69) is 30.8 Å². The highest BCUT2D eigenvalue weighted by Crippen LogP contribution is 2.44. The van der Waals surface area contributed by atoms with E-state index >= 15 is 0 Å². The number of thiophene rings is 1. The zero-order chi connectivity index (χ0) is 26.8. The Morgan fingerprint density at radius 2 is 2.03 bits per heavy atom. The van der Waals surface area contributed by atoms with Crippen LogP contribution >= 0.6 is 11.3 Å². The van der Waals surface area contributed by atoms with Gasteiger partial charge in [0, 0.05) is 36.4 Å². The van der Waals surface area contributed by atoms with Crippen LogP contribution in [0.1, 0.15) is 48.0 Å². The highest BCUT2D eigenvalue weighted by atomic mass is 32.2. The van der Waals surface area contributed by atoms with Gasteiger partial charge < -0.3 is 10.6 Å². The Morgan fingerprint density at radius 3 is 2.65 bits per heavy atom. The fourth-order valence-electron chi connectivity index (χ4n) is 4.63. The SMILES string of the molecule is C[C@@H]1CN(S(=O)(=O)c2cn[nH]c2)CC[C@@H]1Nc1ncc(C(F)(F)F)c(-c2cc3c(s2)C(C)(C)NC3=O)n1. The van der Waals surface area contributed by atoms with Gasteiger partial charge in [0.05, 0.1) is 27.9 Å². The lowest BCUT2D eigenvalue weighted by Gasteiger charge is -2.36. The molecule has 2 aliphatic rings. The number of hydrogen-bond acceptors (Lipinski definition) is 8. The normalized spacial score (nSPS) is 22.1. The first-order valence-corrected chi connectivity index (χ1v) is 13.7. The summed E-state index contributed by atoms with van der Waals surface area (Å²) in [7, 11) is -3.70. The maximum Gasteiger partial charge on any atom is 0.420 e. The van der Waals surface area contributed by atoms with Crippen LogP contribution in [-0.4, -0.2) is 57.9 Å². The van der Waals surface area contributed by atoms with Gasteiger partial charge >= 0.3 is 6.18 Å². The molecule has 3 N–H and O–H groups in total. The molecule has 3 aromatic rings. The summed E-state index contributed by atoms with van der Waals surface area (Å²) < 4.78 is 68.5. The standard InChI is InChI=1S/C22H24F3N7O3S2/c1-11-10-32(37(34,35)12-7-27-28-8-12)5-4-15(11)29-20-26-9-14(22(23,24)25)17(30-20)16-6-13-18(36-16)21(2,3)31-19(13)33/h6-9,11,15H,4-5,10H2,1-3H3,(H,27,28)(H,31,33)(H,26,29,30)/t11-,15+/m1/s1. The molecule has 0 aliphatic carbocycles. The number of sulfonamides is 1. The molecule has 1 amide bonds. The molecule has 37 heavy (non-hydrogen) atoms. The Labute approximate surface area is 214 Å². The van der Waals surface area contributed by atoms with Crippen LogP contribution in [0.15, 0.2) is 29.6 Å². The van der Waals surface area contributed by atoms with Crippen LogP contribution in [0.3, 0.4) is 0 Å². The Balaban J connectivity index is 1.41. The molecular formula is C22H24F3N7O3S2. The minimum atomic E-state index is -4.69. The number of nitrogens with zero attached hydrogens (tertiary/aromatic N) is 4. The van der Waals surface area contributed by atoms with Gasteiger partial charge in [0.25, 0.3) is 5.91 Å². The van der Waals surface area contributed by atoms with Crippen molar-refractivity contribution >= 4 is 33.2 Å². The molecule has 5 heterocycles. The van der Waals surface area contributed by atoms with Gasteiger partial charge in [0.1, 0.15) is 10.5 Å². The summed E-state index contributed by atoms with van der Waals surface area (Å²) in [6.07, 6.45) is -0.996. The van der Waals surface area contributed by atoms with Crippen LogP contribution in [0.5, 0.6) is 0 Å². The smallest absolute Gasteiger partial charge is 0.351 e. The second kappa shape index (κ2) is 8.77. The van der Waals surface area contributed by atoms with Crippen LogP contribution < -0.4 is 10.6 Å². The third kappa shape index (κ3) is 4.59. The zero-order valence-corrected chi connectivity index (χ0v) is 21.7. The summed E-state index contributed by atoms with van der Waals surface area (Å²) in [4.78, 5) is 21.4. The number of rotatable bonds is 5. The van der Waals surface area contributed by atoms with Crippen molar-refractivity contribution in [1.82, 2.24) is 29.8 Å². The summed E-state index contributed by atoms with van der Waals surface area (Å²) in [6, 6.07) is 1.17. The maximum atomic E-state index is 13.8. The Hall–Kier alpha value is -3.04. The average molecular weight is 556 g/mol. The van der Waals surface area contributed by atoms with Gasteiger partial charge in [-0.15, -0.1) is 11.3 Å². The Bertz CT molecular complexity index is 1450. The molecule has 0 spiro atoms. The minimum Gasteiger partial charge on any atom is -0.351 e. The number of carbonyl (C=O) groups excluding carboxylic acids is 1. The van der Waals surface area contributed by atoms with Gasteiger partial charge in [-0.05, 0) is 32.3 Å². The number of carbonyl (C=O) groups is 1. The zero-order valence-electron chi connectivity index (χ0n) is 20.0. The first-order chi connectivity index (χ1) is 17.3. The lowest BCUT2D eigenvalue weighted by Crippen LogP contribution is -2.47. The quantitative estimate of drug-likeness (QED) is 0.439. The average Bonchev–Trinajstić information content (AvgIpc) is 3.54. The van der Waals surface area contributed by atoms with E-state index in [9.17, 15) is 26.4 Å². The number of anilines is 1. The number of aromatic nitrogens is 4. The fraction of sp³-hybridized carbons (Fsp3) is 0.455. The molecule has 2 atom stereocenters. The second-order valence-corrected chi connectivity index (χ2v) is 12.7. The van der Waals surface area contributed by atoms with Crippen LogP contribution in [-0.2, 0) is 21.7 Å². The molecule has 0 unspecified atom stereocenters. The van der Waals surface area contributed by atoms with Crippen molar-refractivity contribution in [3.63, 3.8) is 0 Å². The molecular weight excluding hydrogens is 531 g/mol. The highest BCUT2D eigenvalue weighted by molar-refractivity contribution is 7.89. The van der Waals surface area contributed by atoms with E-state index in [1.54, 1.807) is 13.8 Å². The predicted molar refractivity (Wildman–Crippen MR) is 129 cm³/mol. The molecule has 2 aliphatic heterocycles. The van der Waals surface area contributed by atoms with Crippen molar-refractivity contribution in [3.05, 3.63) is 40.7 Å². The lowest BCUT2D eigenvalue weighted by atomic mass is 9.95. The van der Waals surface area contributed by atoms with Gasteiger partial charge in [0.15, 0.2) is 0 Å². The van der Waals surface area contributed by atoms with E-state index in [1.807, 2.05) is 6.92 Å². The number of halogens is 3. The first kappa shape index (κ1) is 25.6. The summed E-state index contributed by atoms with van der Waals surface area (Å²) in [5.41, 5.74) is -1.65. The minimum absolute atomic E-state index is 0.00302. The van der Waals surface area contributed by atoms with Crippen molar-refractivity contribution in [2.45, 2.75) is 49.8 Å². The van der Waals surface area contributed by atoms with Crippen molar-refractivity contribution in [2.75, 3.05) is 18.4 Å². The molecule has 0 aromatic carbocycles. The van der Waals surface area contributed by atoms with E-state index in [0.29, 0.717) is 16.9 Å². The highest BCUT2D eigenvalue weighted by Gasteiger charge is 2.41. The number of fused-ring (bicyclic) bond motifs is 1. The van der Waals surface area contributed by atoms with Crippen LogP contribution in [0, 0.1) is 5.92 Å². The predicted octanol–water partition coefficient (Wildman–Crippen LogP) is 3.44. The molecule has 1 fully saturated rings. The van der Waals surface area contributed by atoms with Gasteiger partial charge in [-0.25, -0.2) is 18.4 Å². The molecule has 15 heteroatoms. The number of nitrogens with one attached hydrogen (secondary N) is 3. The summed E-state index contributed by atoms with van der Waals surface area (Å²) in [5.74, 6) is -0.516. The largest absolute Gasteiger partial charge is 0.420 e. The van der Waals surface area contributed by atoms with Crippen LogP contribution in [0.25, 0.3) is 10.6 Å². The van der Waals surface area contributed by atoms with Crippen molar-refractivity contribution in [1.29, 1.82) is 0 Å². The molecule has 5 rings (SSSR count). The third-order valence-corrected chi connectivity index (χ3v) is 9.89. The molecule has 10 nitrogen and oxygen atoms in total. The number of alkyl halides is 3. The Morgan fingerprint density at radius 1 is 1.27 bits per heavy atom. The van der Waals surface area contributed by atoms with E-state index in [1.165, 1.54) is 22.8 Å². The monoisotopic (exact) mass is 555 g/mol. The molecule has 3 aromatic heterocycles. The molecule has 198 valence electrons. The van der Waals surface area contributed by atoms with Crippen molar-refractivity contribution in [3.8, 4) is 10.6 Å². The molecule has 0 saturated carbocycles. The van der Waals surface area contributed by atoms with Gasteiger partial charge in [-0.3, -0.25) is 9.89 Å². The molecule has 0 bridgehead atoms. The van der Waals surface area contributed by atoms with E-state index in [4.69, 9.17) is 0 Å². The van der Waals surface area contributed by atoms with E-state index in [0.717, 1.165) is 17.5 Å². The van der Waals surface area contributed by atoms with Crippen molar-refractivity contribution in [2.24, 2.45) is 5.92 Å². The summed E-state index contributed by atoms with van der Waals surface area (Å²) in [6.45, 7) is 5.85. The second-order valence-electron chi connectivity index (χ2n) is 9.70. The maximum absolute atomic E-state index is 13.8. The first-order valence-electron chi connectivity index (χ1n) is 11.4. The van der Waals surface area contributed by atoms with Crippen LogP contribution in [0.4, 0.5) is 19.1 Å². The summed E-state index contributed by atoms with van der Waals surface area (Å²) >= 11 is 1.09. The number of aromatic amines is 1. The number of amides is 1. The number of piperidine rings is 1. The fourth-order valence-corrected chi connectivity index (χ4v) is 7.31. The number of H-pyrrole nitrogens is 1. The van der Waals surface area contributed by atoms with E-state index in [-0.39, 0.29) is 52.4 Å². The Kier molecular flexibility index (Phi) is 6.07. The third-order valence-electron chi connectivity index (χ3n) is 6.59. The lowest BCUT2D eigenvalue weighted by molar-refractivity contribution is -0.137. The molecule has 0 radical (unpaired) electrons. The number of hydrogen-bond donors (Lipinski definition) is 3. The van der Waals surface area contributed by atoms with Gasteiger partial charge in [-0.1, -0.05) is 6.92 Å². The molecule has 1 saturated heterocycles.